The molecule has 2 heterocycles. The summed E-state index contributed by atoms with van der Waals surface area (Å²) in [5, 5.41) is 0. The van der Waals surface area contributed by atoms with E-state index >= 15 is 0 Å². The first-order valence-electron chi connectivity index (χ1n) is 5.02. The maximum absolute atomic E-state index is 13.1. The van der Waals surface area contributed by atoms with E-state index < -0.39 is 6.08 Å². The number of hydrogen-bond acceptors (Lipinski definition) is 3. The lowest BCUT2D eigenvalue weighted by molar-refractivity contribution is 0.531. The number of nitrogens with zero attached hydrogens (tertiary/aromatic N) is 4. The molecular formula is C10H13FN4. The van der Waals surface area contributed by atoms with Crippen LogP contribution in [0.15, 0.2) is 6.33 Å². The zero-order valence-electron chi connectivity index (χ0n) is 9.03. The number of aromatic nitrogens is 4. The minimum Gasteiger partial charge on any atom is -0.313 e. The van der Waals surface area contributed by atoms with Crippen molar-refractivity contribution in [2.45, 2.75) is 33.2 Å². The molecule has 0 saturated heterocycles. The van der Waals surface area contributed by atoms with Crippen molar-refractivity contribution in [2.75, 3.05) is 0 Å². The smallest absolute Gasteiger partial charge is 0.310 e. The Morgan fingerprint density at radius 2 is 2.13 bits per heavy atom. The van der Waals surface area contributed by atoms with Crippen molar-refractivity contribution in [2.24, 2.45) is 0 Å². The van der Waals surface area contributed by atoms with E-state index in [4.69, 9.17) is 0 Å². The molecule has 0 N–H and O–H groups in total. The second-order valence-electron chi connectivity index (χ2n) is 3.71. The van der Waals surface area contributed by atoms with Gasteiger partial charge < -0.3 is 4.57 Å². The third-order valence-electron chi connectivity index (χ3n) is 2.36. The van der Waals surface area contributed by atoms with Gasteiger partial charge in [-0.25, -0.2) is 9.97 Å². The van der Waals surface area contributed by atoms with Gasteiger partial charge in [0.15, 0.2) is 5.65 Å². The van der Waals surface area contributed by atoms with Crippen LogP contribution in [0.4, 0.5) is 4.39 Å². The van der Waals surface area contributed by atoms with Crippen molar-refractivity contribution in [3.63, 3.8) is 0 Å². The summed E-state index contributed by atoms with van der Waals surface area (Å²) in [5.74, 6) is 0. The first-order valence-corrected chi connectivity index (χ1v) is 5.02. The maximum Gasteiger partial charge on any atom is 0.310 e. The summed E-state index contributed by atoms with van der Waals surface area (Å²) in [7, 11) is 0. The van der Waals surface area contributed by atoms with Crippen LogP contribution >= 0.6 is 0 Å². The minimum atomic E-state index is -0.679. The predicted molar refractivity (Wildman–Crippen MR) is 55.0 cm³/mol. The molecule has 0 saturated carbocycles. The van der Waals surface area contributed by atoms with Gasteiger partial charge in [-0.2, -0.15) is 9.37 Å². The Bertz CT molecular complexity index is 489. The lowest BCUT2D eigenvalue weighted by Crippen LogP contribution is -2.03. The van der Waals surface area contributed by atoms with Crippen molar-refractivity contribution in [3.8, 4) is 0 Å². The first-order chi connectivity index (χ1) is 7.13. The summed E-state index contributed by atoms with van der Waals surface area (Å²) in [6.07, 6.45) is 1.66. The number of hydrogen-bond donors (Lipinski definition) is 0. The highest BCUT2D eigenvalue weighted by molar-refractivity contribution is 5.73. The van der Waals surface area contributed by atoms with Crippen molar-refractivity contribution >= 4 is 11.2 Å². The SMILES string of the molecule is CCc1nc(F)nc2c1ncn2C(C)C. The number of fused-ring (bicyclic) bond motifs is 1. The highest BCUT2D eigenvalue weighted by Crippen LogP contribution is 2.18. The topological polar surface area (TPSA) is 43.6 Å². The summed E-state index contributed by atoms with van der Waals surface area (Å²) >= 11 is 0. The molecule has 0 unspecified atom stereocenters. The van der Waals surface area contributed by atoms with E-state index in [0.717, 1.165) is 0 Å². The molecule has 0 radical (unpaired) electrons. The van der Waals surface area contributed by atoms with Crippen LogP contribution in [0.3, 0.4) is 0 Å². The molecule has 0 aliphatic heterocycles. The third-order valence-corrected chi connectivity index (χ3v) is 2.36. The Morgan fingerprint density at radius 3 is 2.73 bits per heavy atom. The average molecular weight is 208 g/mol. The molecule has 80 valence electrons. The van der Waals surface area contributed by atoms with E-state index in [1.54, 1.807) is 6.33 Å². The molecule has 0 aromatic carbocycles. The van der Waals surface area contributed by atoms with E-state index in [2.05, 4.69) is 15.0 Å². The van der Waals surface area contributed by atoms with E-state index in [9.17, 15) is 4.39 Å². The summed E-state index contributed by atoms with van der Waals surface area (Å²) in [6, 6.07) is 0.217. The second-order valence-corrected chi connectivity index (χ2v) is 3.71. The zero-order valence-corrected chi connectivity index (χ0v) is 9.03. The quantitative estimate of drug-likeness (QED) is 0.710. The van der Waals surface area contributed by atoms with Crippen molar-refractivity contribution in [1.82, 2.24) is 19.5 Å². The van der Waals surface area contributed by atoms with Gasteiger partial charge in [0, 0.05) is 6.04 Å². The van der Waals surface area contributed by atoms with E-state index in [-0.39, 0.29) is 6.04 Å². The lowest BCUT2D eigenvalue weighted by atomic mass is 10.3. The predicted octanol–water partition coefficient (Wildman–Crippen LogP) is 2.11. The van der Waals surface area contributed by atoms with Gasteiger partial charge in [-0.3, -0.25) is 0 Å². The Labute approximate surface area is 87.2 Å². The minimum absolute atomic E-state index is 0.217. The summed E-state index contributed by atoms with van der Waals surface area (Å²) in [6.45, 7) is 5.94. The van der Waals surface area contributed by atoms with Gasteiger partial charge in [-0.1, -0.05) is 6.92 Å². The third kappa shape index (κ3) is 1.58. The van der Waals surface area contributed by atoms with Crippen LogP contribution in [0.2, 0.25) is 0 Å². The van der Waals surface area contributed by atoms with Crippen LogP contribution in [0.5, 0.6) is 0 Å². The maximum atomic E-state index is 13.1. The Balaban J connectivity index is 2.75. The number of halogens is 1. The van der Waals surface area contributed by atoms with Crippen LogP contribution in [0.25, 0.3) is 11.2 Å². The monoisotopic (exact) mass is 208 g/mol. The molecule has 0 aliphatic carbocycles. The van der Waals surface area contributed by atoms with Gasteiger partial charge in [0.25, 0.3) is 0 Å². The Kier molecular flexibility index (Phi) is 2.38. The van der Waals surface area contributed by atoms with E-state index in [0.29, 0.717) is 23.3 Å². The molecule has 0 bridgehead atoms. The Hall–Kier alpha value is -1.52. The van der Waals surface area contributed by atoms with E-state index in [1.807, 2.05) is 25.3 Å². The molecule has 2 aromatic rings. The van der Waals surface area contributed by atoms with Gasteiger partial charge in [-0.15, -0.1) is 0 Å². The molecule has 0 amide bonds. The van der Waals surface area contributed by atoms with Crippen LogP contribution in [-0.4, -0.2) is 19.5 Å². The summed E-state index contributed by atoms with van der Waals surface area (Å²) in [4.78, 5) is 11.8. The molecule has 0 fully saturated rings. The fraction of sp³-hybridized carbons (Fsp3) is 0.500. The van der Waals surface area contributed by atoms with Gasteiger partial charge in [0.05, 0.1) is 12.0 Å². The standard InChI is InChI=1S/C10H13FN4/c1-4-7-8-9(14-10(11)13-7)15(5-12-8)6(2)3/h5-6H,4H2,1-3H3. The van der Waals surface area contributed by atoms with Crippen LogP contribution < -0.4 is 0 Å². The van der Waals surface area contributed by atoms with Crippen molar-refractivity contribution < 1.29 is 4.39 Å². The molecule has 15 heavy (non-hydrogen) atoms. The van der Waals surface area contributed by atoms with Crippen LogP contribution in [0, 0.1) is 6.08 Å². The summed E-state index contributed by atoms with van der Waals surface area (Å²) < 4.78 is 15.0. The highest BCUT2D eigenvalue weighted by atomic mass is 19.1. The zero-order chi connectivity index (χ0) is 11.0. The van der Waals surface area contributed by atoms with Gasteiger partial charge in [-0.05, 0) is 20.3 Å². The normalized spacial score (nSPS) is 11.5. The van der Waals surface area contributed by atoms with Gasteiger partial charge in [0.2, 0.25) is 0 Å². The number of aryl methyl sites for hydroxylation is 1. The number of imidazole rings is 1. The van der Waals surface area contributed by atoms with Gasteiger partial charge in [0.1, 0.15) is 5.52 Å². The fourth-order valence-electron chi connectivity index (χ4n) is 1.57. The van der Waals surface area contributed by atoms with Gasteiger partial charge >= 0.3 is 6.08 Å². The Morgan fingerprint density at radius 1 is 1.40 bits per heavy atom. The molecule has 5 heteroatoms. The average Bonchev–Trinajstić information content (AvgIpc) is 2.59. The largest absolute Gasteiger partial charge is 0.313 e. The second kappa shape index (κ2) is 3.56. The van der Waals surface area contributed by atoms with Crippen LogP contribution in [-0.2, 0) is 6.42 Å². The molecular weight excluding hydrogens is 195 g/mol. The summed E-state index contributed by atoms with van der Waals surface area (Å²) in [5.41, 5.74) is 1.94. The lowest BCUT2D eigenvalue weighted by Gasteiger charge is -2.06. The first kappa shape index (κ1) is 10.0. The van der Waals surface area contributed by atoms with E-state index in [1.165, 1.54) is 0 Å². The molecule has 0 spiro atoms. The van der Waals surface area contributed by atoms with Crippen molar-refractivity contribution in [3.05, 3.63) is 18.1 Å². The molecule has 2 aromatic heterocycles. The van der Waals surface area contributed by atoms with Crippen molar-refractivity contribution in [1.29, 1.82) is 0 Å². The number of rotatable bonds is 2. The molecule has 4 nitrogen and oxygen atoms in total. The fourth-order valence-corrected chi connectivity index (χ4v) is 1.57. The molecule has 0 aliphatic rings. The highest BCUT2D eigenvalue weighted by Gasteiger charge is 2.13. The van der Waals surface area contributed by atoms with Crippen LogP contribution in [0.1, 0.15) is 32.5 Å². The molecule has 0 atom stereocenters. The molecule has 2 rings (SSSR count).